The largest absolute Gasteiger partial charge is 0.444 e. The SMILES string of the molecule is CC(N[S@](=O)C(C)(C)C)C1(C)CCN(C(=O)OC(C)(C)C)CC1. The molecule has 0 aromatic carbocycles. The van der Waals surface area contributed by atoms with Crippen LogP contribution in [0.25, 0.3) is 0 Å². The summed E-state index contributed by atoms with van der Waals surface area (Å²) in [5.74, 6) is 0. The number of nitrogens with one attached hydrogen (secondary N) is 1. The third-order valence-electron chi connectivity index (χ3n) is 4.44. The second-order valence-electron chi connectivity index (χ2n) is 8.84. The normalized spacial score (nSPS) is 21.7. The quantitative estimate of drug-likeness (QED) is 0.851. The molecule has 1 aliphatic rings. The summed E-state index contributed by atoms with van der Waals surface area (Å²) in [5.41, 5.74) is -0.435. The molecule has 23 heavy (non-hydrogen) atoms. The first kappa shape index (κ1) is 20.4. The van der Waals surface area contributed by atoms with Gasteiger partial charge in [-0.25, -0.2) is 13.7 Å². The minimum absolute atomic E-state index is 0.0272. The zero-order chi connectivity index (χ0) is 18.1. The van der Waals surface area contributed by atoms with Crippen LogP contribution in [0.15, 0.2) is 0 Å². The minimum atomic E-state index is -1.08. The number of rotatable bonds is 3. The van der Waals surface area contributed by atoms with E-state index in [2.05, 4.69) is 18.6 Å². The van der Waals surface area contributed by atoms with E-state index < -0.39 is 16.6 Å². The Balaban J connectivity index is 2.59. The van der Waals surface area contributed by atoms with Gasteiger partial charge in [-0.2, -0.15) is 0 Å². The summed E-state index contributed by atoms with van der Waals surface area (Å²) in [6.07, 6.45) is 1.52. The molecular weight excluding hydrogens is 312 g/mol. The molecule has 1 N–H and O–H groups in total. The van der Waals surface area contributed by atoms with Crippen LogP contribution in [0, 0.1) is 5.41 Å². The van der Waals surface area contributed by atoms with E-state index in [1.54, 1.807) is 4.90 Å². The van der Waals surface area contributed by atoms with Gasteiger partial charge in [-0.15, -0.1) is 0 Å². The molecule has 1 fully saturated rings. The van der Waals surface area contributed by atoms with Crippen LogP contribution >= 0.6 is 0 Å². The van der Waals surface area contributed by atoms with Crippen molar-refractivity contribution in [2.24, 2.45) is 5.41 Å². The molecule has 0 bridgehead atoms. The molecule has 0 saturated carbocycles. The predicted molar refractivity (Wildman–Crippen MR) is 95.6 cm³/mol. The van der Waals surface area contributed by atoms with Crippen LogP contribution < -0.4 is 4.72 Å². The number of ether oxygens (including phenoxy) is 1. The number of carbonyl (C=O) groups excluding carboxylic acids is 1. The summed E-state index contributed by atoms with van der Waals surface area (Å²) < 4.78 is 20.7. The minimum Gasteiger partial charge on any atom is -0.444 e. The Bertz CT molecular complexity index is 444. The summed E-state index contributed by atoms with van der Waals surface area (Å²) in [4.78, 5) is 13.9. The van der Waals surface area contributed by atoms with E-state index in [0.29, 0.717) is 13.1 Å². The average molecular weight is 347 g/mol. The number of amides is 1. The van der Waals surface area contributed by atoms with Gasteiger partial charge in [-0.05, 0) is 66.7 Å². The van der Waals surface area contributed by atoms with Gasteiger partial charge in [0, 0.05) is 19.1 Å². The second-order valence-corrected chi connectivity index (χ2v) is 10.8. The smallest absolute Gasteiger partial charge is 0.410 e. The Morgan fingerprint density at radius 3 is 2.04 bits per heavy atom. The second kappa shape index (κ2) is 7.09. The number of hydrogen-bond donors (Lipinski definition) is 1. The first-order chi connectivity index (χ1) is 10.2. The van der Waals surface area contributed by atoms with E-state index in [1.165, 1.54) is 0 Å². The number of piperidine rings is 1. The molecule has 0 aliphatic carbocycles. The van der Waals surface area contributed by atoms with Gasteiger partial charge in [0.05, 0.1) is 15.7 Å². The number of likely N-dealkylation sites (tertiary alicyclic amines) is 1. The third kappa shape index (κ3) is 6.07. The molecule has 0 radical (unpaired) electrons. The van der Waals surface area contributed by atoms with Crippen molar-refractivity contribution in [1.29, 1.82) is 0 Å². The average Bonchev–Trinajstić information content (AvgIpc) is 2.36. The van der Waals surface area contributed by atoms with Crippen LogP contribution in [-0.2, 0) is 15.7 Å². The Labute approximate surface area is 144 Å². The lowest BCUT2D eigenvalue weighted by atomic mass is 9.75. The van der Waals surface area contributed by atoms with Crippen LogP contribution in [0.4, 0.5) is 4.79 Å². The van der Waals surface area contributed by atoms with Crippen molar-refractivity contribution < 1.29 is 13.7 Å². The number of nitrogens with zero attached hydrogens (tertiary/aromatic N) is 1. The Kier molecular flexibility index (Phi) is 6.30. The summed E-state index contributed by atoms with van der Waals surface area (Å²) in [7, 11) is -1.08. The highest BCUT2D eigenvalue weighted by Crippen LogP contribution is 2.35. The number of carbonyl (C=O) groups is 1. The van der Waals surface area contributed by atoms with E-state index >= 15 is 0 Å². The highest BCUT2D eigenvalue weighted by Gasteiger charge is 2.38. The summed E-state index contributed by atoms with van der Waals surface area (Å²) in [6, 6.07) is 0.128. The maximum Gasteiger partial charge on any atom is 0.410 e. The van der Waals surface area contributed by atoms with Gasteiger partial charge in [0.1, 0.15) is 5.60 Å². The van der Waals surface area contributed by atoms with Crippen LogP contribution in [0.1, 0.15) is 68.2 Å². The first-order valence-electron chi connectivity index (χ1n) is 8.41. The molecule has 136 valence electrons. The highest BCUT2D eigenvalue weighted by atomic mass is 32.2. The summed E-state index contributed by atoms with van der Waals surface area (Å²) >= 11 is 0. The molecular formula is C17H34N2O3S. The van der Waals surface area contributed by atoms with Crippen LogP contribution in [-0.4, -0.2) is 44.7 Å². The Hall–Kier alpha value is -0.620. The zero-order valence-electron chi connectivity index (χ0n) is 16.0. The maximum atomic E-state index is 12.3. The fourth-order valence-corrected chi connectivity index (χ4v) is 3.40. The lowest BCUT2D eigenvalue weighted by Crippen LogP contribution is -2.52. The van der Waals surface area contributed by atoms with E-state index in [1.807, 2.05) is 41.5 Å². The van der Waals surface area contributed by atoms with E-state index in [4.69, 9.17) is 4.74 Å². The number of hydrogen-bond acceptors (Lipinski definition) is 3. The zero-order valence-corrected chi connectivity index (χ0v) is 16.8. The van der Waals surface area contributed by atoms with Gasteiger partial charge in [0.25, 0.3) is 0 Å². The Morgan fingerprint density at radius 1 is 1.17 bits per heavy atom. The molecule has 1 saturated heterocycles. The van der Waals surface area contributed by atoms with Crippen molar-refractivity contribution in [3.05, 3.63) is 0 Å². The van der Waals surface area contributed by atoms with Crippen molar-refractivity contribution in [2.75, 3.05) is 13.1 Å². The van der Waals surface area contributed by atoms with E-state index in [-0.39, 0.29) is 22.3 Å². The molecule has 1 amide bonds. The van der Waals surface area contributed by atoms with Gasteiger partial charge in [-0.1, -0.05) is 6.92 Å². The Morgan fingerprint density at radius 2 is 1.65 bits per heavy atom. The van der Waals surface area contributed by atoms with Crippen molar-refractivity contribution >= 4 is 17.1 Å². The maximum absolute atomic E-state index is 12.3. The molecule has 0 aromatic rings. The monoisotopic (exact) mass is 346 g/mol. The summed E-state index contributed by atoms with van der Waals surface area (Å²) in [5, 5.41) is 0. The van der Waals surface area contributed by atoms with Gasteiger partial charge < -0.3 is 9.64 Å². The molecule has 5 nitrogen and oxygen atoms in total. The van der Waals surface area contributed by atoms with Gasteiger partial charge in [0.2, 0.25) is 0 Å². The summed E-state index contributed by atoms with van der Waals surface area (Å²) in [6.45, 7) is 17.2. The van der Waals surface area contributed by atoms with Crippen molar-refractivity contribution in [3.63, 3.8) is 0 Å². The van der Waals surface area contributed by atoms with Crippen molar-refractivity contribution in [3.8, 4) is 0 Å². The lowest BCUT2D eigenvalue weighted by Gasteiger charge is -2.43. The molecule has 1 heterocycles. The van der Waals surface area contributed by atoms with Crippen LogP contribution in [0.3, 0.4) is 0 Å². The van der Waals surface area contributed by atoms with Crippen LogP contribution in [0.5, 0.6) is 0 Å². The fraction of sp³-hybridized carbons (Fsp3) is 0.941. The van der Waals surface area contributed by atoms with E-state index in [9.17, 15) is 9.00 Å². The standard InChI is InChI=1S/C17H34N2O3S/c1-13(18-23(21)16(5,6)7)17(8)9-11-19(12-10-17)14(20)22-15(2,3)4/h13,18H,9-12H2,1-8H3/t13?,23-/m1/s1. The highest BCUT2D eigenvalue weighted by molar-refractivity contribution is 7.84. The first-order valence-corrected chi connectivity index (χ1v) is 9.55. The van der Waals surface area contributed by atoms with Gasteiger partial charge in [-0.3, -0.25) is 0 Å². The lowest BCUT2D eigenvalue weighted by molar-refractivity contribution is 0.00906. The molecule has 1 unspecified atom stereocenters. The third-order valence-corrected chi connectivity index (χ3v) is 6.12. The molecule has 1 rings (SSSR count). The van der Waals surface area contributed by atoms with Crippen LogP contribution in [0.2, 0.25) is 0 Å². The fourth-order valence-electron chi connectivity index (χ4n) is 2.44. The van der Waals surface area contributed by atoms with Crippen molar-refractivity contribution in [2.45, 2.75) is 84.6 Å². The molecule has 6 heteroatoms. The molecule has 2 atom stereocenters. The predicted octanol–water partition coefficient (Wildman–Crippen LogP) is 3.46. The van der Waals surface area contributed by atoms with Gasteiger partial charge >= 0.3 is 6.09 Å². The molecule has 0 aromatic heterocycles. The molecule has 1 aliphatic heterocycles. The topological polar surface area (TPSA) is 58.6 Å². The molecule has 0 spiro atoms. The van der Waals surface area contributed by atoms with Gasteiger partial charge in [0.15, 0.2) is 0 Å². The van der Waals surface area contributed by atoms with E-state index in [0.717, 1.165) is 12.8 Å². The van der Waals surface area contributed by atoms with Crippen molar-refractivity contribution in [1.82, 2.24) is 9.62 Å².